The molecule has 5 rings (SSSR count). The molecule has 200 valence electrons. The SMILES string of the molecule is O=C(CN1C(=O)S/C(=C/c2cc(I)cc(I)c2OCc2ccccc2)C1=O)N1CCN(c2ccccc2)CC1. The van der Waals surface area contributed by atoms with E-state index in [-0.39, 0.29) is 17.4 Å². The van der Waals surface area contributed by atoms with Crippen LogP contribution in [-0.2, 0) is 16.2 Å². The zero-order valence-electron chi connectivity index (χ0n) is 20.9. The molecule has 7 nitrogen and oxygen atoms in total. The number of rotatable bonds is 7. The second-order valence-corrected chi connectivity index (χ2v) is 12.5. The average Bonchev–Trinajstić information content (AvgIpc) is 3.20. The number of carbonyl (C=O) groups excluding carboxylic acids is 3. The number of piperazine rings is 1. The van der Waals surface area contributed by atoms with Crippen molar-refractivity contribution in [3.8, 4) is 5.75 Å². The summed E-state index contributed by atoms with van der Waals surface area (Å²) in [6.45, 7) is 2.62. The lowest BCUT2D eigenvalue weighted by Gasteiger charge is -2.36. The number of nitrogens with zero attached hydrogens (tertiary/aromatic N) is 3. The molecular weight excluding hydrogens is 740 g/mol. The molecule has 10 heteroatoms. The van der Waals surface area contributed by atoms with Crippen LogP contribution in [0.2, 0.25) is 0 Å². The fourth-order valence-electron chi connectivity index (χ4n) is 4.44. The highest BCUT2D eigenvalue weighted by atomic mass is 127. The molecule has 3 aromatic rings. The summed E-state index contributed by atoms with van der Waals surface area (Å²) >= 11 is 5.30. The standard InChI is InChI=1S/C29H25I2N3O4S/c30-22-15-21(27(24(31)17-22)38-19-20-7-3-1-4-8-20)16-25-28(36)34(29(37)39-25)18-26(35)33-13-11-32(12-14-33)23-9-5-2-6-10-23/h1-10,15-17H,11-14,18-19H2/b25-16+. The molecule has 2 aliphatic rings. The van der Waals surface area contributed by atoms with Gasteiger partial charge >= 0.3 is 0 Å². The highest BCUT2D eigenvalue weighted by molar-refractivity contribution is 14.1. The van der Waals surface area contributed by atoms with E-state index in [9.17, 15) is 14.4 Å². The fourth-order valence-corrected chi connectivity index (χ4v) is 7.31. The van der Waals surface area contributed by atoms with Gasteiger partial charge in [-0.1, -0.05) is 48.5 Å². The summed E-state index contributed by atoms with van der Waals surface area (Å²) in [5, 5.41) is -0.436. The average molecular weight is 765 g/mol. The third-order valence-electron chi connectivity index (χ3n) is 6.47. The Morgan fingerprint density at radius 2 is 1.59 bits per heavy atom. The van der Waals surface area contributed by atoms with Crippen LogP contribution < -0.4 is 9.64 Å². The molecule has 2 fully saturated rings. The molecular formula is C29H25I2N3O4S. The van der Waals surface area contributed by atoms with E-state index in [1.54, 1.807) is 11.0 Å². The van der Waals surface area contributed by atoms with Crippen LogP contribution in [0.1, 0.15) is 11.1 Å². The maximum atomic E-state index is 13.2. The summed E-state index contributed by atoms with van der Waals surface area (Å²) in [6.07, 6.45) is 1.69. The Morgan fingerprint density at radius 1 is 0.923 bits per heavy atom. The largest absolute Gasteiger partial charge is 0.487 e. The van der Waals surface area contributed by atoms with Gasteiger partial charge in [-0.25, -0.2) is 0 Å². The predicted molar refractivity (Wildman–Crippen MR) is 171 cm³/mol. The van der Waals surface area contributed by atoms with Crippen molar-refractivity contribution in [1.29, 1.82) is 0 Å². The Balaban J connectivity index is 1.26. The van der Waals surface area contributed by atoms with E-state index in [4.69, 9.17) is 4.74 Å². The van der Waals surface area contributed by atoms with E-state index >= 15 is 0 Å². The van der Waals surface area contributed by atoms with Crippen molar-refractivity contribution in [3.63, 3.8) is 0 Å². The maximum Gasteiger partial charge on any atom is 0.294 e. The molecule has 0 atom stereocenters. The van der Waals surface area contributed by atoms with E-state index in [0.717, 1.165) is 40.6 Å². The van der Waals surface area contributed by atoms with Gasteiger partial charge in [0.05, 0.1) is 8.48 Å². The zero-order valence-corrected chi connectivity index (χ0v) is 26.0. The first kappa shape index (κ1) is 28.0. The number of thioether (sulfide) groups is 1. The summed E-state index contributed by atoms with van der Waals surface area (Å²) in [5.74, 6) is -0.0230. The number of hydrogen-bond acceptors (Lipinski definition) is 6. The normalized spacial score (nSPS) is 16.8. The second-order valence-electron chi connectivity index (χ2n) is 9.05. The van der Waals surface area contributed by atoms with Crippen LogP contribution in [-0.4, -0.2) is 59.6 Å². The van der Waals surface area contributed by atoms with Gasteiger partial charge in [0.15, 0.2) is 0 Å². The number of carbonyl (C=O) groups is 3. The van der Waals surface area contributed by atoms with Crippen LogP contribution in [0.25, 0.3) is 6.08 Å². The van der Waals surface area contributed by atoms with Crippen molar-refractivity contribution in [2.45, 2.75) is 6.61 Å². The van der Waals surface area contributed by atoms with E-state index in [2.05, 4.69) is 62.2 Å². The minimum Gasteiger partial charge on any atom is -0.487 e. The molecule has 0 N–H and O–H groups in total. The number of anilines is 1. The van der Waals surface area contributed by atoms with E-state index in [1.165, 1.54) is 0 Å². The highest BCUT2D eigenvalue weighted by Gasteiger charge is 2.37. The molecule has 2 heterocycles. The summed E-state index contributed by atoms with van der Waals surface area (Å²) < 4.78 is 8.05. The van der Waals surface area contributed by atoms with Crippen LogP contribution in [0.5, 0.6) is 5.75 Å². The number of halogens is 2. The van der Waals surface area contributed by atoms with Gasteiger partial charge in [-0.05, 0) is 92.8 Å². The van der Waals surface area contributed by atoms with Gasteiger partial charge in [0.1, 0.15) is 18.9 Å². The molecule has 2 aliphatic heterocycles. The highest BCUT2D eigenvalue weighted by Crippen LogP contribution is 2.36. The minimum atomic E-state index is -0.454. The summed E-state index contributed by atoms with van der Waals surface area (Å²) in [7, 11) is 0. The van der Waals surface area contributed by atoms with Gasteiger partial charge in [-0.3, -0.25) is 19.3 Å². The van der Waals surface area contributed by atoms with E-state index in [0.29, 0.717) is 38.5 Å². The van der Waals surface area contributed by atoms with Gasteiger partial charge in [-0.2, -0.15) is 0 Å². The first-order chi connectivity index (χ1) is 18.9. The third kappa shape index (κ3) is 6.77. The van der Waals surface area contributed by atoms with Crippen molar-refractivity contribution in [3.05, 3.63) is 96.0 Å². The van der Waals surface area contributed by atoms with Crippen LogP contribution in [0, 0.1) is 7.14 Å². The van der Waals surface area contributed by atoms with E-state index < -0.39 is 11.1 Å². The number of imide groups is 1. The Bertz CT molecular complexity index is 1410. The molecule has 3 aromatic carbocycles. The van der Waals surface area contributed by atoms with Crippen LogP contribution in [0.4, 0.5) is 10.5 Å². The van der Waals surface area contributed by atoms with Crippen LogP contribution in [0.3, 0.4) is 0 Å². The molecule has 2 saturated heterocycles. The van der Waals surface area contributed by atoms with Crippen molar-refractivity contribution in [2.75, 3.05) is 37.6 Å². The lowest BCUT2D eigenvalue weighted by atomic mass is 10.1. The Labute approximate surface area is 258 Å². The quantitative estimate of drug-likeness (QED) is 0.222. The molecule has 0 spiro atoms. The smallest absolute Gasteiger partial charge is 0.294 e. The monoisotopic (exact) mass is 765 g/mol. The Hall–Kier alpha value is -2.58. The van der Waals surface area contributed by atoms with Gasteiger partial charge in [-0.15, -0.1) is 0 Å². The first-order valence-electron chi connectivity index (χ1n) is 12.4. The summed E-state index contributed by atoms with van der Waals surface area (Å²) in [4.78, 5) is 44.3. The predicted octanol–water partition coefficient (Wildman–Crippen LogP) is 5.86. The fraction of sp³-hybridized carbons (Fsp3) is 0.207. The summed E-state index contributed by atoms with van der Waals surface area (Å²) in [5.41, 5.74) is 2.87. The van der Waals surface area contributed by atoms with E-state index in [1.807, 2.05) is 60.7 Å². The van der Waals surface area contributed by atoms with Crippen LogP contribution in [0.15, 0.2) is 77.7 Å². The molecule has 0 bridgehead atoms. The van der Waals surface area contributed by atoms with Gasteiger partial charge in [0.2, 0.25) is 5.91 Å². The number of hydrogen-bond donors (Lipinski definition) is 0. The Kier molecular flexibility index (Phi) is 9.13. The van der Waals surface area contributed by atoms with Crippen molar-refractivity contribution in [2.24, 2.45) is 0 Å². The Morgan fingerprint density at radius 3 is 2.28 bits per heavy atom. The topological polar surface area (TPSA) is 70.2 Å². The summed E-state index contributed by atoms with van der Waals surface area (Å²) in [6, 6.07) is 23.8. The molecule has 0 saturated carbocycles. The van der Waals surface area contributed by atoms with Crippen molar-refractivity contribution >= 4 is 85.8 Å². The van der Waals surface area contributed by atoms with Crippen molar-refractivity contribution < 1.29 is 19.1 Å². The third-order valence-corrected chi connectivity index (χ3v) is 8.80. The minimum absolute atomic E-state index is 0.220. The number of para-hydroxylation sites is 1. The number of benzene rings is 3. The van der Waals surface area contributed by atoms with Gasteiger partial charge in [0, 0.05) is 41.0 Å². The number of ether oxygens (including phenoxy) is 1. The molecule has 0 aliphatic carbocycles. The molecule has 0 aromatic heterocycles. The second kappa shape index (κ2) is 12.7. The molecule has 3 amide bonds. The maximum absolute atomic E-state index is 13.2. The van der Waals surface area contributed by atoms with Crippen LogP contribution >= 0.6 is 56.9 Å². The number of amides is 3. The van der Waals surface area contributed by atoms with Gasteiger partial charge < -0.3 is 14.5 Å². The van der Waals surface area contributed by atoms with Crippen molar-refractivity contribution in [1.82, 2.24) is 9.80 Å². The zero-order chi connectivity index (χ0) is 27.4. The first-order valence-corrected chi connectivity index (χ1v) is 15.4. The van der Waals surface area contributed by atoms with Gasteiger partial charge in [0.25, 0.3) is 11.1 Å². The molecule has 0 unspecified atom stereocenters. The lowest BCUT2D eigenvalue weighted by molar-refractivity contribution is -0.136. The molecule has 39 heavy (non-hydrogen) atoms. The lowest BCUT2D eigenvalue weighted by Crippen LogP contribution is -2.51. The molecule has 0 radical (unpaired) electrons.